The predicted octanol–water partition coefficient (Wildman–Crippen LogP) is -0.134. The van der Waals surface area contributed by atoms with Gasteiger partial charge in [0.15, 0.2) is 0 Å². The zero-order chi connectivity index (χ0) is 6.85. The first-order valence-corrected chi connectivity index (χ1v) is 4.56. The first-order valence-electron chi connectivity index (χ1n) is 3.40. The topological polar surface area (TPSA) is 26.3 Å². The smallest absolute Gasteiger partial charge is 0.305 e. The zero-order valence-electron chi connectivity index (χ0n) is 5.89. The summed E-state index contributed by atoms with van der Waals surface area (Å²) < 4.78 is 4.99. The molecule has 0 radical (unpaired) electrons. The van der Waals surface area contributed by atoms with Crippen LogP contribution in [0.2, 0.25) is 5.54 Å². The number of carbonyl (C=O) groups excluding carboxylic acids is 1. The third kappa shape index (κ3) is 1.54. The van der Waals surface area contributed by atoms with Crippen molar-refractivity contribution < 1.29 is 9.53 Å². The van der Waals surface area contributed by atoms with Gasteiger partial charge in [-0.25, -0.2) is 0 Å². The number of carbonyl (C=O) groups is 1. The summed E-state index contributed by atoms with van der Waals surface area (Å²) in [5.74, 6) is 0.0282. The molecule has 1 rings (SSSR count). The van der Waals surface area contributed by atoms with Crippen LogP contribution in [0.5, 0.6) is 0 Å². The van der Waals surface area contributed by atoms with Crippen LogP contribution in [0.15, 0.2) is 0 Å². The van der Waals surface area contributed by atoms with E-state index in [1.165, 1.54) is 0 Å². The van der Waals surface area contributed by atoms with E-state index in [1.807, 2.05) is 6.92 Å². The SMILES string of the molecule is CC1CCC([SiH3])C(=O)O1. The summed E-state index contributed by atoms with van der Waals surface area (Å²) in [6, 6.07) is 0. The Morgan fingerprint density at radius 1 is 1.67 bits per heavy atom. The maximum absolute atomic E-state index is 10.8. The van der Waals surface area contributed by atoms with Crippen LogP contribution in [0.4, 0.5) is 0 Å². The van der Waals surface area contributed by atoms with Crippen LogP contribution in [0.3, 0.4) is 0 Å². The Bertz CT molecular complexity index is 124. The van der Waals surface area contributed by atoms with E-state index in [1.54, 1.807) is 0 Å². The molecule has 3 heteroatoms. The quantitative estimate of drug-likeness (QED) is 0.349. The molecule has 0 spiro atoms. The number of hydrogen-bond acceptors (Lipinski definition) is 2. The van der Waals surface area contributed by atoms with Crippen molar-refractivity contribution in [2.45, 2.75) is 31.4 Å². The summed E-state index contributed by atoms with van der Waals surface area (Å²) in [7, 11) is 0.951. The highest BCUT2D eigenvalue weighted by Gasteiger charge is 2.23. The fourth-order valence-corrected chi connectivity index (χ4v) is 1.45. The van der Waals surface area contributed by atoms with Crippen molar-refractivity contribution in [3.8, 4) is 0 Å². The molecule has 1 heterocycles. The van der Waals surface area contributed by atoms with E-state index in [9.17, 15) is 4.79 Å². The first-order chi connectivity index (χ1) is 4.20. The van der Waals surface area contributed by atoms with Crippen molar-refractivity contribution in [1.29, 1.82) is 0 Å². The van der Waals surface area contributed by atoms with E-state index in [2.05, 4.69) is 0 Å². The highest BCUT2D eigenvalue weighted by Crippen LogP contribution is 2.21. The molecule has 1 saturated heterocycles. The van der Waals surface area contributed by atoms with E-state index < -0.39 is 0 Å². The van der Waals surface area contributed by atoms with E-state index >= 15 is 0 Å². The number of ether oxygens (including phenoxy) is 1. The van der Waals surface area contributed by atoms with Gasteiger partial charge in [-0.2, -0.15) is 0 Å². The second kappa shape index (κ2) is 2.52. The fourth-order valence-electron chi connectivity index (χ4n) is 0.976. The molecule has 0 aromatic rings. The molecule has 52 valence electrons. The first kappa shape index (κ1) is 6.80. The van der Waals surface area contributed by atoms with Crippen LogP contribution in [0.25, 0.3) is 0 Å². The Hall–Kier alpha value is -0.313. The van der Waals surface area contributed by atoms with E-state index in [-0.39, 0.29) is 17.6 Å². The molecule has 1 fully saturated rings. The molecule has 2 nitrogen and oxygen atoms in total. The summed E-state index contributed by atoms with van der Waals surface area (Å²) in [4.78, 5) is 10.8. The van der Waals surface area contributed by atoms with E-state index in [0.29, 0.717) is 0 Å². The molecule has 9 heavy (non-hydrogen) atoms. The summed E-state index contributed by atoms with van der Waals surface area (Å²) in [6.07, 6.45) is 2.27. The van der Waals surface area contributed by atoms with E-state index in [0.717, 1.165) is 23.1 Å². The minimum absolute atomic E-state index is 0.0282. The summed E-state index contributed by atoms with van der Waals surface area (Å²) in [5, 5.41) is 0. The Morgan fingerprint density at radius 3 is 2.78 bits per heavy atom. The summed E-state index contributed by atoms with van der Waals surface area (Å²) >= 11 is 0. The lowest BCUT2D eigenvalue weighted by Gasteiger charge is -2.22. The van der Waals surface area contributed by atoms with Gasteiger partial charge in [0, 0.05) is 15.8 Å². The van der Waals surface area contributed by atoms with Crippen molar-refractivity contribution in [2.75, 3.05) is 0 Å². The summed E-state index contributed by atoms with van der Waals surface area (Å²) in [5.41, 5.74) is 0.265. The third-order valence-electron chi connectivity index (χ3n) is 1.73. The van der Waals surface area contributed by atoms with Gasteiger partial charge in [0.25, 0.3) is 0 Å². The standard InChI is InChI=1S/C6H12O2Si/c1-4-2-3-5(9)6(7)8-4/h4-5H,2-3H2,1,9H3. The minimum atomic E-state index is 0.0282. The van der Waals surface area contributed by atoms with E-state index in [4.69, 9.17) is 4.74 Å². The van der Waals surface area contributed by atoms with Crippen molar-refractivity contribution in [2.24, 2.45) is 0 Å². The molecular weight excluding hydrogens is 132 g/mol. The zero-order valence-corrected chi connectivity index (χ0v) is 7.89. The average molecular weight is 144 g/mol. The van der Waals surface area contributed by atoms with Crippen molar-refractivity contribution in [3.05, 3.63) is 0 Å². The van der Waals surface area contributed by atoms with Gasteiger partial charge < -0.3 is 4.74 Å². The Balaban J connectivity index is 2.44. The third-order valence-corrected chi connectivity index (χ3v) is 2.77. The molecule has 0 aromatic carbocycles. The molecule has 0 N–H and O–H groups in total. The molecule has 0 aromatic heterocycles. The minimum Gasteiger partial charge on any atom is -0.463 e. The number of hydrogen-bond donors (Lipinski definition) is 0. The van der Waals surface area contributed by atoms with Crippen molar-refractivity contribution in [3.63, 3.8) is 0 Å². The van der Waals surface area contributed by atoms with Crippen LogP contribution < -0.4 is 0 Å². The monoisotopic (exact) mass is 144 g/mol. The molecule has 0 aliphatic carbocycles. The van der Waals surface area contributed by atoms with Crippen LogP contribution in [-0.4, -0.2) is 22.3 Å². The number of cyclic esters (lactones) is 1. The maximum Gasteiger partial charge on any atom is 0.305 e. The van der Waals surface area contributed by atoms with Crippen molar-refractivity contribution >= 4 is 16.2 Å². The molecule has 2 atom stereocenters. The normalized spacial score (nSPS) is 36.3. The second-order valence-corrected chi connectivity index (χ2v) is 4.12. The molecule has 2 unspecified atom stereocenters. The van der Waals surface area contributed by atoms with Gasteiger partial charge in [-0.1, -0.05) is 0 Å². The number of rotatable bonds is 0. The molecule has 1 aliphatic rings. The highest BCUT2D eigenvalue weighted by molar-refractivity contribution is 6.22. The molecule has 0 amide bonds. The fraction of sp³-hybridized carbons (Fsp3) is 0.833. The van der Waals surface area contributed by atoms with Gasteiger partial charge in [-0.05, 0) is 19.8 Å². The van der Waals surface area contributed by atoms with Gasteiger partial charge in [0.05, 0.1) is 6.10 Å². The van der Waals surface area contributed by atoms with Crippen LogP contribution in [0, 0.1) is 0 Å². The lowest BCUT2D eigenvalue weighted by molar-refractivity contribution is -0.152. The number of esters is 1. The molecule has 1 aliphatic heterocycles. The van der Waals surface area contributed by atoms with Crippen LogP contribution in [0.1, 0.15) is 19.8 Å². The highest BCUT2D eigenvalue weighted by atomic mass is 28.1. The van der Waals surface area contributed by atoms with Gasteiger partial charge in [0.2, 0.25) is 0 Å². The van der Waals surface area contributed by atoms with Crippen LogP contribution in [-0.2, 0) is 9.53 Å². The van der Waals surface area contributed by atoms with Gasteiger partial charge >= 0.3 is 5.97 Å². The molecule has 0 bridgehead atoms. The maximum atomic E-state index is 10.8. The molecule has 0 saturated carbocycles. The molecular formula is C6H12O2Si. The average Bonchev–Trinajstić information content (AvgIpc) is 1.80. The Kier molecular flexibility index (Phi) is 1.90. The lowest BCUT2D eigenvalue weighted by atomic mass is 10.1. The second-order valence-electron chi connectivity index (χ2n) is 2.73. The van der Waals surface area contributed by atoms with Gasteiger partial charge in [-0.15, -0.1) is 0 Å². The Morgan fingerprint density at radius 2 is 2.33 bits per heavy atom. The Labute approximate surface area is 58.0 Å². The predicted molar refractivity (Wildman–Crippen MR) is 38.5 cm³/mol. The van der Waals surface area contributed by atoms with Crippen LogP contribution >= 0.6 is 0 Å². The van der Waals surface area contributed by atoms with Gasteiger partial charge in [-0.3, -0.25) is 4.79 Å². The lowest BCUT2D eigenvalue weighted by Crippen LogP contribution is -2.25. The largest absolute Gasteiger partial charge is 0.463 e. The van der Waals surface area contributed by atoms with Gasteiger partial charge in [0.1, 0.15) is 0 Å². The van der Waals surface area contributed by atoms with Crippen molar-refractivity contribution in [1.82, 2.24) is 0 Å². The summed E-state index contributed by atoms with van der Waals surface area (Å²) in [6.45, 7) is 1.95.